The van der Waals surface area contributed by atoms with Gasteiger partial charge in [0.05, 0.1) is 12.3 Å². The predicted octanol–water partition coefficient (Wildman–Crippen LogP) is 3.14. The highest BCUT2D eigenvalue weighted by Crippen LogP contribution is 2.34. The van der Waals surface area contributed by atoms with E-state index in [0.717, 1.165) is 28.9 Å². The third-order valence-electron chi connectivity index (χ3n) is 3.13. The Morgan fingerprint density at radius 3 is 2.89 bits per heavy atom. The molecule has 1 amide bonds. The Kier molecular flexibility index (Phi) is 4.27. The van der Waals surface area contributed by atoms with E-state index in [1.807, 2.05) is 36.9 Å². The number of benzene rings is 1. The van der Waals surface area contributed by atoms with E-state index >= 15 is 0 Å². The number of alkyl halides is 1. The zero-order valence-corrected chi connectivity index (χ0v) is 12.4. The highest BCUT2D eigenvalue weighted by molar-refractivity contribution is 9.09. The molecule has 1 heterocycles. The number of hydrogen-bond donors (Lipinski definition) is 0. The lowest BCUT2D eigenvalue weighted by Crippen LogP contribution is -2.25. The molecule has 0 aromatic heterocycles. The van der Waals surface area contributed by atoms with E-state index in [1.165, 1.54) is 0 Å². The van der Waals surface area contributed by atoms with Crippen molar-refractivity contribution in [3.63, 3.8) is 0 Å². The van der Waals surface area contributed by atoms with Crippen LogP contribution in [-0.4, -0.2) is 24.4 Å². The summed E-state index contributed by atoms with van der Waals surface area (Å²) in [6, 6.07) is 5.99. The van der Waals surface area contributed by atoms with E-state index in [0.29, 0.717) is 18.9 Å². The molecule has 3 nitrogen and oxygen atoms in total. The summed E-state index contributed by atoms with van der Waals surface area (Å²) in [4.78, 5) is 13.9. The van der Waals surface area contributed by atoms with Gasteiger partial charge >= 0.3 is 0 Å². The van der Waals surface area contributed by atoms with Gasteiger partial charge in [0.15, 0.2) is 0 Å². The highest BCUT2D eigenvalue weighted by atomic mass is 79.9. The maximum absolute atomic E-state index is 12.1. The van der Waals surface area contributed by atoms with Crippen LogP contribution in [0.25, 0.3) is 0 Å². The van der Waals surface area contributed by atoms with Crippen molar-refractivity contribution >= 4 is 27.5 Å². The molecule has 1 aliphatic rings. The molecule has 0 spiro atoms. The van der Waals surface area contributed by atoms with E-state index in [1.54, 1.807) is 0 Å². The number of hydrogen-bond acceptors (Lipinski definition) is 2. The molecule has 0 bridgehead atoms. The maximum atomic E-state index is 12.1. The van der Waals surface area contributed by atoms with Crippen LogP contribution in [0.15, 0.2) is 18.2 Å². The van der Waals surface area contributed by atoms with Crippen molar-refractivity contribution in [2.24, 2.45) is 5.92 Å². The summed E-state index contributed by atoms with van der Waals surface area (Å²) in [6.45, 7) is 5.37. The molecule has 1 aliphatic heterocycles. The minimum absolute atomic E-state index is 0.186. The van der Waals surface area contributed by atoms with Crippen molar-refractivity contribution in [3.8, 4) is 5.75 Å². The summed E-state index contributed by atoms with van der Waals surface area (Å²) >= 11 is 3.46. The molecule has 0 N–H and O–H groups in total. The van der Waals surface area contributed by atoms with Gasteiger partial charge in [-0.05, 0) is 37.5 Å². The molecule has 1 aromatic rings. The van der Waals surface area contributed by atoms with Crippen LogP contribution in [0.4, 0.5) is 5.69 Å². The van der Waals surface area contributed by atoms with Crippen molar-refractivity contribution in [3.05, 3.63) is 23.8 Å². The molecule has 18 heavy (non-hydrogen) atoms. The van der Waals surface area contributed by atoms with Gasteiger partial charge in [-0.1, -0.05) is 22.0 Å². The Morgan fingerprint density at radius 2 is 2.28 bits per heavy atom. The van der Waals surface area contributed by atoms with Gasteiger partial charge in [-0.15, -0.1) is 0 Å². The second-order valence-electron chi connectivity index (χ2n) is 4.63. The lowest BCUT2D eigenvalue weighted by molar-refractivity contribution is -0.117. The van der Waals surface area contributed by atoms with Gasteiger partial charge in [0, 0.05) is 18.3 Å². The summed E-state index contributed by atoms with van der Waals surface area (Å²) in [6.07, 6.45) is 0.616. The van der Waals surface area contributed by atoms with Crippen molar-refractivity contribution in [1.82, 2.24) is 0 Å². The standard InChI is InChI=1S/C14H18BrNO2/c1-3-18-13-5-4-10(2)6-12(13)16-9-11(8-15)7-14(16)17/h4-6,11H,3,7-9H2,1-2H3. The van der Waals surface area contributed by atoms with Crippen molar-refractivity contribution in [1.29, 1.82) is 0 Å². The normalized spacial score (nSPS) is 19.4. The molecule has 0 radical (unpaired) electrons. The molecule has 1 fully saturated rings. The first-order valence-corrected chi connectivity index (χ1v) is 7.37. The largest absolute Gasteiger partial charge is 0.492 e. The lowest BCUT2D eigenvalue weighted by atomic mass is 10.1. The van der Waals surface area contributed by atoms with E-state index in [9.17, 15) is 4.79 Å². The molecule has 1 unspecified atom stereocenters. The topological polar surface area (TPSA) is 29.5 Å². The number of carbonyl (C=O) groups excluding carboxylic acids is 1. The zero-order chi connectivity index (χ0) is 13.1. The number of carbonyl (C=O) groups is 1. The van der Waals surface area contributed by atoms with Crippen LogP contribution in [0.2, 0.25) is 0 Å². The van der Waals surface area contributed by atoms with Gasteiger partial charge in [0.1, 0.15) is 5.75 Å². The minimum atomic E-state index is 0.186. The van der Waals surface area contributed by atoms with E-state index < -0.39 is 0 Å². The van der Waals surface area contributed by atoms with Gasteiger partial charge in [-0.2, -0.15) is 0 Å². The van der Waals surface area contributed by atoms with Crippen LogP contribution in [0, 0.1) is 12.8 Å². The van der Waals surface area contributed by atoms with E-state index in [-0.39, 0.29) is 5.91 Å². The van der Waals surface area contributed by atoms with Crippen LogP contribution in [0.3, 0.4) is 0 Å². The van der Waals surface area contributed by atoms with Crippen molar-refractivity contribution in [2.45, 2.75) is 20.3 Å². The molecule has 98 valence electrons. The van der Waals surface area contributed by atoms with Gasteiger partial charge < -0.3 is 9.64 Å². The molecular weight excluding hydrogens is 294 g/mol. The van der Waals surface area contributed by atoms with Crippen LogP contribution < -0.4 is 9.64 Å². The average molecular weight is 312 g/mol. The Labute approximate surface area is 116 Å². The van der Waals surface area contributed by atoms with Crippen molar-refractivity contribution in [2.75, 3.05) is 23.4 Å². The third-order valence-corrected chi connectivity index (χ3v) is 4.04. The van der Waals surface area contributed by atoms with Crippen molar-refractivity contribution < 1.29 is 9.53 Å². The molecule has 1 atom stereocenters. The van der Waals surface area contributed by atoms with Gasteiger partial charge in [-0.3, -0.25) is 4.79 Å². The summed E-state index contributed by atoms with van der Waals surface area (Å²) in [5, 5.41) is 0.866. The first kappa shape index (κ1) is 13.4. The summed E-state index contributed by atoms with van der Waals surface area (Å²) in [5.41, 5.74) is 2.05. The van der Waals surface area contributed by atoms with Crippen LogP contribution >= 0.6 is 15.9 Å². The van der Waals surface area contributed by atoms with Gasteiger partial charge in [0.2, 0.25) is 5.91 Å². The smallest absolute Gasteiger partial charge is 0.227 e. The number of amides is 1. The quantitative estimate of drug-likeness (QED) is 0.799. The number of anilines is 1. The predicted molar refractivity (Wildman–Crippen MR) is 76.6 cm³/mol. The van der Waals surface area contributed by atoms with Gasteiger partial charge in [-0.25, -0.2) is 0 Å². The highest BCUT2D eigenvalue weighted by Gasteiger charge is 2.31. The van der Waals surface area contributed by atoms with Crippen LogP contribution in [0.1, 0.15) is 18.9 Å². The fraction of sp³-hybridized carbons (Fsp3) is 0.500. The van der Waals surface area contributed by atoms with Crippen LogP contribution in [0.5, 0.6) is 5.75 Å². The number of nitrogens with zero attached hydrogens (tertiary/aromatic N) is 1. The molecule has 2 rings (SSSR count). The Balaban J connectivity index is 2.31. The first-order valence-electron chi connectivity index (χ1n) is 6.25. The Bertz CT molecular complexity index is 447. The molecule has 0 aliphatic carbocycles. The fourth-order valence-corrected chi connectivity index (χ4v) is 2.67. The number of rotatable bonds is 4. The molecule has 0 saturated carbocycles. The summed E-state index contributed by atoms with van der Waals surface area (Å²) < 4.78 is 5.62. The number of ether oxygens (including phenoxy) is 1. The number of halogens is 1. The fourth-order valence-electron chi connectivity index (χ4n) is 2.23. The third kappa shape index (κ3) is 2.69. The van der Waals surface area contributed by atoms with E-state index in [4.69, 9.17) is 4.74 Å². The first-order chi connectivity index (χ1) is 8.65. The molecule has 1 aromatic carbocycles. The monoisotopic (exact) mass is 311 g/mol. The minimum Gasteiger partial charge on any atom is -0.492 e. The maximum Gasteiger partial charge on any atom is 0.227 e. The summed E-state index contributed by atoms with van der Waals surface area (Å²) in [7, 11) is 0. The zero-order valence-electron chi connectivity index (χ0n) is 10.8. The Hall–Kier alpha value is -1.03. The molecule has 4 heteroatoms. The lowest BCUT2D eigenvalue weighted by Gasteiger charge is -2.20. The number of aryl methyl sites for hydroxylation is 1. The second kappa shape index (κ2) is 5.74. The van der Waals surface area contributed by atoms with E-state index in [2.05, 4.69) is 15.9 Å². The average Bonchev–Trinajstić information content (AvgIpc) is 2.73. The Morgan fingerprint density at radius 1 is 1.50 bits per heavy atom. The SMILES string of the molecule is CCOc1ccc(C)cc1N1CC(CBr)CC1=O. The summed E-state index contributed by atoms with van der Waals surface area (Å²) in [5.74, 6) is 1.38. The van der Waals surface area contributed by atoms with Gasteiger partial charge in [0.25, 0.3) is 0 Å². The molecular formula is C14H18BrNO2. The van der Waals surface area contributed by atoms with Crippen LogP contribution in [-0.2, 0) is 4.79 Å². The molecule has 1 saturated heterocycles. The second-order valence-corrected chi connectivity index (χ2v) is 5.28.